The highest BCUT2D eigenvalue weighted by molar-refractivity contribution is 8.14. The normalized spacial score (nSPS) is 13.8. The number of hydrogen-bond acceptors (Lipinski definition) is 4. The van der Waals surface area contributed by atoms with Crippen LogP contribution in [0.5, 0.6) is 0 Å². The van der Waals surface area contributed by atoms with Gasteiger partial charge in [-0.25, -0.2) is 0 Å². The monoisotopic (exact) mass is 296 g/mol. The number of thioether (sulfide) groups is 1. The lowest BCUT2D eigenvalue weighted by Gasteiger charge is -2.23. The maximum Gasteiger partial charge on any atom is 0.182 e. The largest absolute Gasteiger partial charge is 0.313 e. The summed E-state index contributed by atoms with van der Waals surface area (Å²) in [5.41, 5.74) is 1.75. The third-order valence-corrected chi connectivity index (χ3v) is 4.26. The van der Waals surface area contributed by atoms with Gasteiger partial charge in [-0.1, -0.05) is 60.3 Å². The lowest BCUT2D eigenvalue weighted by atomic mass is 10.1. The first-order valence-electron chi connectivity index (χ1n) is 6.93. The highest BCUT2D eigenvalue weighted by Gasteiger charge is 2.20. The van der Waals surface area contributed by atoms with Crippen molar-refractivity contribution in [2.45, 2.75) is 0 Å². The molecule has 0 fully saturated rings. The Kier molecular flexibility index (Phi) is 4.36. The van der Waals surface area contributed by atoms with Crippen molar-refractivity contribution < 1.29 is 4.79 Å². The molecule has 0 unspecified atom stereocenters. The quantitative estimate of drug-likeness (QED) is 0.810. The van der Waals surface area contributed by atoms with E-state index in [9.17, 15) is 4.79 Å². The molecule has 0 bridgehead atoms. The molecule has 0 saturated heterocycles. The molecular formula is C17H16N2OS. The molecule has 0 saturated carbocycles. The second-order valence-corrected chi connectivity index (χ2v) is 5.79. The van der Waals surface area contributed by atoms with Crippen LogP contribution in [0.25, 0.3) is 0 Å². The van der Waals surface area contributed by atoms with E-state index in [1.54, 1.807) is 11.8 Å². The third kappa shape index (κ3) is 3.34. The van der Waals surface area contributed by atoms with Crippen LogP contribution in [0.1, 0.15) is 10.4 Å². The number of amidine groups is 1. The van der Waals surface area contributed by atoms with Crippen molar-refractivity contribution in [3.8, 4) is 0 Å². The van der Waals surface area contributed by atoms with Crippen LogP contribution in [0.3, 0.4) is 0 Å². The van der Waals surface area contributed by atoms with Crippen molar-refractivity contribution in [2.24, 2.45) is 4.99 Å². The average molecular weight is 296 g/mol. The maximum absolute atomic E-state index is 12.5. The second-order valence-electron chi connectivity index (χ2n) is 4.72. The summed E-state index contributed by atoms with van der Waals surface area (Å²) in [4.78, 5) is 19.0. The van der Waals surface area contributed by atoms with E-state index in [-0.39, 0.29) is 5.78 Å². The number of carbonyl (C=O) groups is 1. The van der Waals surface area contributed by atoms with E-state index < -0.39 is 0 Å². The number of rotatable bonds is 4. The lowest BCUT2D eigenvalue weighted by Crippen LogP contribution is -2.33. The van der Waals surface area contributed by atoms with Gasteiger partial charge in [-0.2, -0.15) is 0 Å². The van der Waals surface area contributed by atoms with Gasteiger partial charge in [-0.15, -0.1) is 0 Å². The highest BCUT2D eigenvalue weighted by Crippen LogP contribution is 2.23. The van der Waals surface area contributed by atoms with Crippen LogP contribution >= 0.6 is 11.8 Å². The average Bonchev–Trinajstić information content (AvgIpc) is 3.08. The SMILES string of the molecule is O=C(CN(C1=NCCS1)c1ccccc1)c1ccccc1. The Labute approximate surface area is 128 Å². The number of benzene rings is 2. The van der Waals surface area contributed by atoms with Crippen LogP contribution in [0.2, 0.25) is 0 Å². The molecule has 0 radical (unpaired) electrons. The molecule has 21 heavy (non-hydrogen) atoms. The molecule has 3 nitrogen and oxygen atoms in total. The molecule has 0 atom stereocenters. The van der Waals surface area contributed by atoms with Crippen molar-refractivity contribution >= 4 is 28.4 Å². The minimum Gasteiger partial charge on any atom is -0.313 e. The summed E-state index contributed by atoms with van der Waals surface area (Å²) in [6, 6.07) is 19.4. The summed E-state index contributed by atoms with van der Waals surface area (Å²) in [5, 5.41) is 0.936. The first kappa shape index (κ1) is 13.9. The summed E-state index contributed by atoms with van der Waals surface area (Å²) < 4.78 is 0. The van der Waals surface area contributed by atoms with Crippen LogP contribution in [-0.4, -0.2) is 29.8 Å². The standard InChI is InChI=1S/C17H16N2OS/c20-16(14-7-3-1-4-8-14)13-19(17-18-11-12-21-17)15-9-5-2-6-10-15/h1-10H,11-13H2. The van der Waals surface area contributed by atoms with Crippen LogP contribution < -0.4 is 4.90 Å². The molecule has 4 heteroatoms. The lowest BCUT2D eigenvalue weighted by molar-refractivity contribution is 0.100. The summed E-state index contributed by atoms with van der Waals surface area (Å²) in [6.45, 7) is 1.14. The molecule has 1 heterocycles. The van der Waals surface area contributed by atoms with Crippen molar-refractivity contribution in [1.29, 1.82) is 0 Å². The van der Waals surface area contributed by atoms with E-state index in [4.69, 9.17) is 0 Å². The minimum absolute atomic E-state index is 0.106. The molecule has 2 aromatic rings. The molecule has 0 N–H and O–H groups in total. The molecule has 106 valence electrons. The Morgan fingerprint density at radius 2 is 1.71 bits per heavy atom. The number of Topliss-reactive ketones (excluding diaryl/α,β-unsaturated/α-hetero) is 1. The van der Waals surface area contributed by atoms with Crippen LogP contribution in [-0.2, 0) is 0 Å². The van der Waals surface area contributed by atoms with Gasteiger partial charge in [0.05, 0.1) is 13.1 Å². The van der Waals surface area contributed by atoms with Crippen molar-refractivity contribution in [1.82, 2.24) is 0 Å². The smallest absolute Gasteiger partial charge is 0.182 e. The van der Waals surface area contributed by atoms with Gasteiger partial charge in [0, 0.05) is 17.0 Å². The number of anilines is 1. The third-order valence-electron chi connectivity index (χ3n) is 3.27. The van der Waals surface area contributed by atoms with Crippen molar-refractivity contribution in [3.63, 3.8) is 0 Å². The molecule has 0 aromatic heterocycles. The molecule has 0 aliphatic carbocycles. The molecular weight excluding hydrogens is 280 g/mol. The minimum atomic E-state index is 0.106. The number of ketones is 1. The van der Waals surface area contributed by atoms with Crippen LogP contribution in [0, 0.1) is 0 Å². The summed E-state index contributed by atoms with van der Waals surface area (Å²) >= 11 is 1.71. The number of nitrogens with zero attached hydrogens (tertiary/aromatic N) is 2. The van der Waals surface area contributed by atoms with E-state index in [1.165, 1.54) is 0 Å². The molecule has 3 rings (SSSR count). The highest BCUT2D eigenvalue weighted by atomic mass is 32.2. The molecule has 1 aliphatic rings. The van der Waals surface area contributed by atoms with E-state index >= 15 is 0 Å². The van der Waals surface area contributed by atoms with E-state index in [1.807, 2.05) is 65.6 Å². The number of aliphatic imine (C=N–C) groups is 1. The Hall–Kier alpha value is -2.07. The number of carbonyl (C=O) groups excluding carboxylic acids is 1. The van der Waals surface area contributed by atoms with Crippen LogP contribution in [0.4, 0.5) is 5.69 Å². The van der Waals surface area contributed by atoms with E-state index in [0.717, 1.165) is 28.7 Å². The molecule has 0 amide bonds. The fraction of sp³-hybridized carbons (Fsp3) is 0.176. The van der Waals surface area contributed by atoms with Crippen molar-refractivity contribution in [3.05, 3.63) is 66.2 Å². The van der Waals surface area contributed by atoms with Gasteiger partial charge in [-0.05, 0) is 12.1 Å². The van der Waals surface area contributed by atoms with E-state index in [0.29, 0.717) is 6.54 Å². The fourth-order valence-corrected chi connectivity index (χ4v) is 3.10. The van der Waals surface area contributed by atoms with Gasteiger partial charge in [0.25, 0.3) is 0 Å². The van der Waals surface area contributed by atoms with Gasteiger partial charge in [0.15, 0.2) is 11.0 Å². The predicted molar refractivity (Wildman–Crippen MR) is 89.3 cm³/mol. The maximum atomic E-state index is 12.5. The zero-order valence-corrected chi connectivity index (χ0v) is 12.4. The van der Waals surface area contributed by atoms with Gasteiger partial charge >= 0.3 is 0 Å². The topological polar surface area (TPSA) is 32.7 Å². The second kappa shape index (κ2) is 6.59. The molecule has 1 aliphatic heterocycles. The Morgan fingerprint density at radius 1 is 1.05 bits per heavy atom. The van der Waals surface area contributed by atoms with Gasteiger partial charge in [0.1, 0.15) is 0 Å². The Balaban J connectivity index is 1.85. The summed E-state index contributed by atoms with van der Waals surface area (Å²) in [7, 11) is 0. The molecule has 0 spiro atoms. The summed E-state index contributed by atoms with van der Waals surface area (Å²) in [5.74, 6) is 1.09. The Morgan fingerprint density at radius 3 is 2.33 bits per heavy atom. The first-order valence-corrected chi connectivity index (χ1v) is 7.91. The van der Waals surface area contributed by atoms with Crippen LogP contribution in [0.15, 0.2) is 65.7 Å². The van der Waals surface area contributed by atoms with Gasteiger partial charge in [-0.3, -0.25) is 9.79 Å². The number of hydrogen-bond donors (Lipinski definition) is 0. The van der Waals surface area contributed by atoms with Gasteiger partial charge < -0.3 is 4.90 Å². The fourth-order valence-electron chi connectivity index (χ4n) is 2.22. The zero-order valence-electron chi connectivity index (χ0n) is 11.6. The van der Waals surface area contributed by atoms with Crippen molar-refractivity contribution in [2.75, 3.05) is 23.7 Å². The first-order chi connectivity index (χ1) is 10.3. The van der Waals surface area contributed by atoms with Gasteiger partial charge in [0.2, 0.25) is 0 Å². The number of para-hydroxylation sites is 1. The van der Waals surface area contributed by atoms with E-state index in [2.05, 4.69) is 4.99 Å². The Bertz CT molecular complexity index is 640. The molecule has 2 aromatic carbocycles. The predicted octanol–water partition coefficient (Wildman–Crippen LogP) is 3.48. The zero-order chi connectivity index (χ0) is 14.5. The summed E-state index contributed by atoms with van der Waals surface area (Å²) in [6.07, 6.45) is 0.